The van der Waals surface area contributed by atoms with E-state index in [1.165, 1.54) is 0 Å². The second kappa shape index (κ2) is 19.0. The third kappa shape index (κ3) is 13.3. The molecule has 0 aliphatic rings. The maximum absolute atomic E-state index is 6.66. The molecule has 176 valence electrons. The summed E-state index contributed by atoms with van der Waals surface area (Å²) in [5, 5.41) is 0. The molecular weight excluding hydrogens is 396 g/mol. The molecule has 0 saturated heterocycles. The van der Waals surface area contributed by atoms with Crippen LogP contribution >= 0.6 is 0 Å². The monoisotopic (exact) mass is 448 g/mol. The second-order valence-electron chi connectivity index (χ2n) is 8.31. The zero-order chi connectivity index (χ0) is 21.8. The van der Waals surface area contributed by atoms with Gasteiger partial charge in [-0.15, -0.1) is 0 Å². The molecular formula is C23H52O4Si2. The van der Waals surface area contributed by atoms with E-state index in [0.717, 1.165) is 108 Å². The van der Waals surface area contributed by atoms with E-state index < -0.39 is 17.1 Å². The zero-order valence-corrected chi connectivity index (χ0v) is 22.7. The molecule has 0 unspecified atom stereocenters. The van der Waals surface area contributed by atoms with E-state index in [9.17, 15) is 0 Å². The quantitative estimate of drug-likeness (QED) is 0.127. The van der Waals surface area contributed by atoms with Crippen LogP contribution in [0.3, 0.4) is 0 Å². The van der Waals surface area contributed by atoms with Crippen molar-refractivity contribution in [2.45, 2.75) is 124 Å². The molecule has 0 fully saturated rings. The van der Waals surface area contributed by atoms with Gasteiger partial charge in [0.25, 0.3) is 0 Å². The summed E-state index contributed by atoms with van der Waals surface area (Å²) in [6, 6.07) is 2.10. The lowest BCUT2D eigenvalue weighted by Crippen LogP contribution is -2.55. The molecule has 0 spiro atoms. The minimum Gasteiger partial charge on any atom is -0.394 e. The second-order valence-corrected chi connectivity index (χ2v) is 15.5. The van der Waals surface area contributed by atoms with Crippen LogP contribution in [0.25, 0.3) is 0 Å². The van der Waals surface area contributed by atoms with Gasteiger partial charge >= 0.3 is 17.1 Å². The van der Waals surface area contributed by atoms with E-state index in [-0.39, 0.29) is 0 Å². The number of hydrogen-bond acceptors (Lipinski definition) is 4. The van der Waals surface area contributed by atoms with Gasteiger partial charge in [-0.25, -0.2) is 0 Å². The fourth-order valence-corrected chi connectivity index (χ4v) is 14.2. The van der Waals surface area contributed by atoms with E-state index in [2.05, 4.69) is 41.5 Å². The highest BCUT2D eigenvalue weighted by Gasteiger charge is 2.50. The van der Waals surface area contributed by atoms with Crippen molar-refractivity contribution in [2.75, 3.05) is 26.4 Å². The maximum Gasteiger partial charge on any atom is 0.340 e. The molecule has 0 aliphatic carbocycles. The molecule has 0 aromatic rings. The third-order valence-electron chi connectivity index (χ3n) is 5.25. The third-order valence-corrected chi connectivity index (χ3v) is 15.0. The van der Waals surface area contributed by atoms with Crippen LogP contribution < -0.4 is 0 Å². The molecule has 0 aliphatic heterocycles. The van der Waals surface area contributed by atoms with Crippen LogP contribution in [-0.4, -0.2) is 43.5 Å². The lowest BCUT2D eigenvalue weighted by molar-refractivity contribution is 0.143. The first kappa shape index (κ1) is 29.3. The van der Waals surface area contributed by atoms with Crippen LogP contribution in [0.15, 0.2) is 0 Å². The lowest BCUT2D eigenvalue weighted by atomic mass is 10.4. The Morgan fingerprint density at radius 2 is 0.690 bits per heavy atom. The normalized spacial score (nSPS) is 12.6. The summed E-state index contributed by atoms with van der Waals surface area (Å²) in [6.45, 7) is 16.7. The first-order chi connectivity index (χ1) is 14.1. The van der Waals surface area contributed by atoms with Crippen molar-refractivity contribution in [1.82, 2.24) is 0 Å². The first-order valence-corrected chi connectivity index (χ1v) is 17.1. The molecule has 0 aromatic heterocycles. The van der Waals surface area contributed by atoms with Gasteiger partial charge in [0, 0.05) is 32.1 Å². The van der Waals surface area contributed by atoms with E-state index in [1.807, 2.05) is 0 Å². The van der Waals surface area contributed by atoms with Gasteiger partial charge in [-0.3, -0.25) is 0 Å². The number of hydrogen-bond donors (Lipinski definition) is 0. The summed E-state index contributed by atoms with van der Waals surface area (Å²) >= 11 is 0. The van der Waals surface area contributed by atoms with Crippen LogP contribution in [0, 0.1) is 0 Å². The van der Waals surface area contributed by atoms with Gasteiger partial charge < -0.3 is 17.7 Å². The highest BCUT2D eigenvalue weighted by Crippen LogP contribution is 2.33. The van der Waals surface area contributed by atoms with Gasteiger partial charge in [0.2, 0.25) is 0 Å². The van der Waals surface area contributed by atoms with Crippen LogP contribution in [0.5, 0.6) is 0 Å². The average Bonchev–Trinajstić information content (AvgIpc) is 2.69. The van der Waals surface area contributed by atoms with E-state index in [1.54, 1.807) is 0 Å². The first-order valence-electron chi connectivity index (χ1n) is 12.6. The van der Waals surface area contributed by atoms with Crippen molar-refractivity contribution in [3.05, 3.63) is 0 Å². The Balaban J connectivity index is 5.62. The highest BCUT2D eigenvalue weighted by molar-refractivity contribution is 6.86. The van der Waals surface area contributed by atoms with Crippen LogP contribution in [0.1, 0.15) is 106 Å². The molecule has 6 heteroatoms. The fourth-order valence-electron chi connectivity index (χ4n) is 3.54. The molecule has 0 heterocycles. The lowest BCUT2D eigenvalue weighted by Gasteiger charge is -2.39. The van der Waals surface area contributed by atoms with Gasteiger partial charge in [0.05, 0.1) is 0 Å². The molecule has 4 nitrogen and oxygen atoms in total. The van der Waals surface area contributed by atoms with Crippen LogP contribution in [0.2, 0.25) is 17.8 Å². The summed E-state index contributed by atoms with van der Waals surface area (Å²) in [5.74, 6) is 0. The predicted octanol–water partition coefficient (Wildman–Crippen LogP) is 7.50. The topological polar surface area (TPSA) is 36.9 Å². The Labute approximate surface area is 184 Å². The summed E-state index contributed by atoms with van der Waals surface area (Å²) in [5.41, 5.74) is 0.933. The van der Waals surface area contributed by atoms with Gasteiger partial charge in [-0.1, -0.05) is 80.1 Å². The predicted molar refractivity (Wildman–Crippen MR) is 130 cm³/mol. The summed E-state index contributed by atoms with van der Waals surface area (Å²) in [6.07, 6.45) is 11.2. The fraction of sp³-hybridized carbons (Fsp3) is 1.00. The maximum atomic E-state index is 6.66. The van der Waals surface area contributed by atoms with Crippen molar-refractivity contribution in [3.63, 3.8) is 0 Å². The molecule has 0 rings (SSSR count). The van der Waals surface area contributed by atoms with E-state index >= 15 is 0 Å². The Hall–Kier alpha value is 0.274. The van der Waals surface area contributed by atoms with Crippen molar-refractivity contribution in [1.29, 1.82) is 0 Å². The molecule has 0 radical (unpaired) electrons. The number of unbranched alkanes of at least 4 members (excludes halogenated alkanes) is 4. The summed E-state index contributed by atoms with van der Waals surface area (Å²) in [7, 11) is -4.70. The smallest absolute Gasteiger partial charge is 0.340 e. The largest absolute Gasteiger partial charge is 0.394 e. The van der Waals surface area contributed by atoms with Crippen LogP contribution in [-0.2, 0) is 17.7 Å². The van der Waals surface area contributed by atoms with Gasteiger partial charge in [-0.2, -0.15) is 0 Å². The Morgan fingerprint density at radius 3 is 0.897 bits per heavy atom. The summed E-state index contributed by atoms with van der Waals surface area (Å²) in [4.78, 5) is 0. The SMILES string of the molecule is CCCCO[Si](CCC)(C[Si](CCC)(OCCCC)OCCCC)OCCCC. The van der Waals surface area contributed by atoms with Crippen molar-refractivity contribution in [2.24, 2.45) is 0 Å². The molecule has 0 atom stereocenters. The van der Waals surface area contributed by atoms with Crippen molar-refractivity contribution >= 4 is 17.1 Å². The average molecular weight is 449 g/mol. The Kier molecular flexibility index (Phi) is 19.2. The van der Waals surface area contributed by atoms with E-state index in [0.29, 0.717) is 0 Å². The zero-order valence-electron chi connectivity index (χ0n) is 20.7. The molecule has 0 amide bonds. The molecule has 0 aromatic carbocycles. The van der Waals surface area contributed by atoms with E-state index in [4.69, 9.17) is 17.7 Å². The van der Waals surface area contributed by atoms with Gasteiger partial charge in [0.15, 0.2) is 0 Å². The summed E-state index contributed by atoms with van der Waals surface area (Å²) < 4.78 is 26.7. The molecule has 0 bridgehead atoms. The molecule has 29 heavy (non-hydrogen) atoms. The molecule has 0 saturated carbocycles. The van der Waals surface area contributed by atoms with Crippen LogP contribution in [0.4, 0.5) is 0 Å². The Morgan fingerprint density at radius 1 is 0.414 bits per heavy atom. The minimum atomic E-state index is -2.35. The number of rotatable bonds is 22. The highest BCUT2D eigenvalue weighted by atomic mass is 28.4. The Bertz CT molecular complexity index is 304. The molecule has 0 N–H and O–H groups in total. The standard InChI is InChI=1S/C23H52O4Si2/c1-7-13-17-24-28(21-11-5,25-18-14-8-2)23-29(22-12-6,26-19-15-9-3)27-20-16-10-4/h7-23H2,1-6H3. The van der Waals surface area contributed by atoms with Gasteiger partial charge in [-0.05, 0) is 37.8 Å². The van der Waals surface area contributed by atoms with Gasteiger partial charge in [0.1, 0.15) is 0 Å². The minimum absolute atomic E-state index is 0.815. The van der Waals surface area contributed by atoms with Crippen molar-refractivity contribution in [3.8, 4) is 0 Å². The van der Waals surface area contributed by atoms with Crippen molar-refractivity contribution < 1.29 is 17.7 Å².